The van der Waals surface area contributed by atoms with Crippen LogP contribution >= 0.6 is 0 Å². The van der Waals surface area contributed by atoms with Gasteiger partial charge >= 0.3 is 0 Å². The zero-order valence-electron chi connectivity index (χ0n) is 11.2. The van der Waals surface area contributed by atoms with Gasteiger partial charge in [0.15, 0.2) is 0 Å². The van der Waals surface area contributed by atoms with E-state index in [1.54, 1.807) is 0 Å². The Morgan fingerprint density at radius 1 is 1.53 bits per heavy atom. The average molecular weight is 241 g/mol. The Balaban J connectivity index is 2.81. The van der Waals surface area contributed by atoms with Gasteiger partial charge < -0.3 is 11.5 Å². The van der Waals surface area contributed by atoms with E-state index in [1.165, 1.54) is 12.8 Å². The van der Waals surface area contributed by atoms with Crippen molar-refractivity contribution in [2.75, 3.05) is 19.6 Å². The zero-order valence-corrected chi connectivity index (χ0v) is 11.2. The first-order valence-electron chi connectivity index (χ1n) is 6.77. The molecule has 1 fully saturated rings. The van der Waals surface area contributed by atoms with Gasteiger partial charge in [-0.2, -0.15) is 0 Å². The molecule has 1 rings (SSSR count). The Labute approximate surface area is 105 Å². The molecule has 0 bridgehead atoms. The van der Waals surface area contributed by atoms with E-state index in [4.69, 9.17) is 11.5 Å². The van der Waals surface area contributed by atoms with Crippen molar-refractivity contribution >= 4 is 5.91 Å². The quantitative estimate of drug-likeness (QED) is 0.731. The van der Waals surface area contributed by atoms with Crippen LogP contribution in [0, 0.1) is 5.92 Å². The van der Waals surface area contributed by atoms with Crippen molar-refractivity contribution in [2.45, 2.75) is 51.5 Å². The maximum absolute atomic E-state index is 11.2. The van der Waals surface area contributed by atoms with Crippen LogP contribution in [0.1, 0.15) is 46.0 Å². The van der Waals surface area contributed by atoms with Crippen LogP contribution in [0.3, 0.4) is 0 Å². The van der Waals surface area contributed by atoms with Gasteiger partial charge in [-0.25, -0.2) is 0 Å². The molecular weight excluding hydrogens is 214 g/mol. The van der Waals surface area contributed by atoms with Gasteiger partial charge in [0.2, 0.25) is 5.91 Å². The van der Waals surface area contributed by atoms with Crippen molar-refractivity contribution in [3.8, 4) is 0 Å². The fourth-order valence-electron chi connectivity index (χ4n) is 3.18. The van der Waals surface area contributed by atoms with Crippen molar-refractivity contribution in [1.82, 2.24) is 4.90 Å². The van der Waals surface area contributed by atoms with Crippen LogP contribution in [0.5, 0.6) is 0 Å². The van der Waals surface area contributed by atoms with Crippen LogP contribution in [0.2, 0.25) is 0 Å². The van der Waals surface area contributed by atoms with Crippen molar-refractivity contribution in [3.05, 3.63) is 0 Å². The number of carbonyl (C=O) groups excluding carboxylic acids is 1. The number of nitrogens with two attached hydrogens (primary N) is 2. The van der Waals surface area contributed by atoms with Crippen molar-refractivity contribution in [3.63, 3.8) is 0 Å². The van der Waals surface area contributed by atoms with Crippen LogP contribution in [0.15, 0.2) is 0 Å². The molecule has 1 aliphatic carbocycles. The van der Waals surface area contributed by atoms with Crippen LogP contribution in [-0.4, -0.2) is 36.0 Å². The minimum atomic E-state index is -0.246. The van der Waals surface area contributed by atoms with Gasteiger partial charge in [0.25, 0.3) is 0 Å². The highest BCUT2D eigenvalue weighted by atomic mass is 16.1. The van der Waals surface area contributed by atoms with Gasteiger partial charge in [-0.15, -0.1) is 0 Å². The lowest BCUT2D eigenvalue weighted by atomic mass is 9.75. The second-order valence-electron chi connectivity index (χ2n) is 5.52. The largest absolute Gasteiger partial charge is 0.369 e. The molecule has 0 spiro atoms. The van der Waals surface area contributed by atoms with E-state index < -0.39 is 0 Å². The van der Waals surface area contributed by atoms with E-state index in [-0.39, 0.29) is 11.4 Å². The van der Waals surface area contributed by atoms with E-state index in [0.29, 0.717) is 19.0 Å². The third-order valence-electron chi connectivity index (χ3n) is 3.96. The molecule has 0 aliphatic heterocycles. The Morgan fingerprint density at radius 2 is 2.24 bits per heavy atom. The Hall–Kier alpha value is -0.610. The van der Waals surface area contributed by atoms with Crippen LogP contribution in [0.4, 0.5) is 0 Å². The summed E-state index contributed by atoms with van der Waals surface area (Å²) >= 11 is 0. The smallest absolute Gasteiger partial charge is 0.231 e. The first-order valence-corrected chi connectivity index (χ1v) is 6.77. The summed E-state index contributed by atoms with van der Waals surface area (Å²) in [5.41, 5.74) is 11.4. The first-order chi connectivity index (χ1) is 8.04. The van der Waals surface area contributed by atoms with Gasteiger partial charge in [0.05, 0.1) is 6.54 Å². The monoisotopic (exact) mass is 241 g/mol. The van der Waals surface area contributed by atoms with E-state index in [0.717, 1.165) is 25.8 Å². The van der Waals surface area contributed by atoms with Crippen molar-refractivity contribution in [1.29, 1.82) is 0 Å². The van der Waals surface area contributed by atoms with Crippen molar-refractivity contribution in [2.24, 2.45) is 17.4 Å². The summed E-state index contributed by atoms with van der Waals surface area (Å²) < 4.78 is 0. The SMILES string of the molecule is CCCN(CC(N)=O)C1(CN)CCCC(C)C1. The third-order valence-corrected chi connectivity index (χ3v) is 3.96. The first kappa shape index (κ1) is 14.5. The molecule has 0 aromatic carbocycles. The van der Waals surface area contributed by atoms with Gasteiger partial charge in [-0.05, 0) is 31.7 Å². The number of primary amides is 1. The predicted octanol–water partition coefficient (Wildman–Crippen LogP) is 1.09. The number of hydrogen-bond donors (Lipinski definition) is 2. The number of hydrogen-bond acceptors (Lipinski definition) is 3. The molecule has 0 heterocycles. The molecule has 1 amide bonds. The predicted molar refractivity (Wildman–Crippen MR) is 70.5 cm³/mol. The molecule has 0 aromatic heterocycles. The minimum Gasteiger partial charge on any atom is -0.369 e. The van der Waals surface area contributed by atoms with Crippen LogP contribution < -0.4 is 11.5 Å². The number of rotatable bonds is 6. The van der Waals surface area contributed by atoms with Crippen LogP contribution in [0.25, 0.3) is 0 Å². The summed E-state index contributed by atoms with van der Waals surface area (Å²) in [5, 5.41) is 0. The van der Waals surface area contributed by atoms with Gasteiger partial charge in [0.1, 0.15) is 0 Å². The molecular formula is C13H27N3O. The Bertz CT molecular complexity index is 257. The standard InChI is InChI=1S/C13H27N3O/c1-3-7-16(9-12(15)17)13(10-14)6-4-5-11(2)8-13/h11H,3-10,14H2,1-2H3,(H2,15,17). The summed E-state index contributed by atoms with van der Waals surface area (Å²) in [6.45, 7) is 6.29. The lowest BCUT2D eigenvalue weighted by molar-refractivity contribution is -0.121. The maximum atomic E-state index is 11.2. The van der Waals surface area contributed by atoms with Crippen molar-refractivity contribution < 1.29 is 4.79 Å². The normalized spacial score (nSPS) is 29.5. The zero-order chi connectivity index (χ0) is 12.9. The van der Waals surface area contributed by atoms with Crippen LogP contribution in [-0.2, 0) is 4.79 Å². The highest BCUT2D eigenvalue weighted by Crippen LogP contribution is 2.36. The third kappa shape index (κ3) is 3.68. The van der Waals surface area contributed by atoms with E-state index >= 15 is 0 Å². The topological polar surface area (TPSA) is 72.3 Å². The van der Waals surface area contributed by atoms with Gasteiger partial charge in [-0.3, -0.25) is 9.69 Å². The lowest BCUT2D eigenvalue weighted by Gasteiger charge is -2.47. The maximum Gasteiger partial charge on any atom is 0.231 e. The van der Waals surface area contributed by atoms with Gasteiger partial charge in [0, 0.05) is 12.1 Å². The van der Waals surface area contributed by atoms with E-state index in [1.807, 2.05) is 0 Å². The number of amides is 1. The molecule has 100 valence electrons. The Kier molecular flexibility index (Phi) is 5.40. The average Bonchev–Trinajstić information content (AvgIpc) is 2.28. The molecule has 4 nitrogen and oxygen atoms in total. The lowest BCUT2D eigenvalue weighted by Crippen LogP contribution is -2.58. The number of nitrogens with zero attached hydrogens (tertiary/aromatic N) is 1. The molecule has 1 saturated carbocycles. The summed E-state index contributed by atoms with van der Waals surface area (Å²) in [7, 11) is 0. The minimum absolute atomic E-state index is 0.00269. The molecule has 2 atom stereocenters. The van der Waals surface area contributed by atoms with E-state index in [9.17, 15) is 4.79 Å². The highest BCUT2D eigenvalue weighted by molar-refractivity contribution is 5.76. The summed E-state index contributed by atoms with van der Waals surface area (Å²) in [6, 6.07) is 0. The summed E-state index contributed by atoms with van der Waals surface area (Å²) in [4.78, 5) is 13.4. The van der Waals surface area contributed by atoms with Gasteiger partial charge in [-0.1, -0.05) is 26.7 Å². The molecule has 0 radical (unpaired) electrons. The fourth-order valence-corrected chi connectivity index (χ4v) is 3.18. The second kappa shape index (κ2) is 6.36. The Morgan fingerprint density at radius 3 is 2.71 bits per heavy atom. The molecule has 0 saturated heterocycles. The fraction of sp³-hybridized carbons (Fsp3) is 0.923. The summed E-state index contributed by atoms with van der Waals surface area (Å²) in [6.07, 6.45) is 5.71. The molecule has 4 N–H and O–H groups in total. The molecule has 1 aliphatic rings. The second-order valence-corrected chi connectivity index (χ2v) is 5.52. The molecule has 4 heteroatoms. The molecule has 17 heavy (non-hydrogen) atoms. The summed E-state index contributed by atoms with van der Waals surface area (Å²) in [5.74, 6) is 0.448. The number of carbonyl (C=O) groups is 1. The molecule has 2 unspecified atom stereocenters. The van der Waals surface area contributed by atoms with E-state index in [2.05, 4.69) is 18.7 Å². The highest BCUT2D eigenvalue weighted by Gasteiger charge is 2.39. The molecule has 0 aromatic rings.